The first-order chi connectivity index (χ1) is 10.3. The van der Waals surface area contributed by atoms with Crippen LogP contribution in [-0.4, -0.2) is 5.78 Å². The maximum absolute atomic E-state index is 12.5. The van der Waals surface area contributed by atoms with Crippen LogP contribution in [-0.2, 0) is 4.79 Å². The highest BCUT2D eigenvalue weighted by Crippen LogP contribution is 2.49. The molecule has 1 aliphatic heterocycles. The molecule has 2 heteroatoms. The maximum atomic E-state index is 12.5. The van der Waals surface area contributed by atoms with Crippen molar-refractivity contribution in [2.75, 3.05) is 5.32 Å². The first kappa shape index (κ1) is 12.6. The molecule has 2 aromatic rings. The Balaban J connectivity index is 1.82. The van der Waals surface area contributed by atoms with Gasteiger partial charge in [-0.1, -0.05) is 48.5 Å². The van der Waals surface area contributed by atoms with Crippen LogP contribution in [0.5, 0.6) is 0 Å². The summed E-state index contributed by atoms with van der Waals surface area (Å²) in [7, 11) is 0. The fourth-order valence-corrected chi connectivity index (χ4v) is 4.00. The van der Waals surface area contributed by atoms with Crippen LogP contribution in [0.15, 0.2) is 54.6 Å². The van der Waals surface area contributed by atoms with E-state index in [-0.39, 0.29) is 12.0 Å². The lowest BCUT2D eigenvalue weighted by atomic mass is 9.67. The number of ketones is 1. The quantitative estimate of drug-likeness (QED) is 0.841. The van der Waals surface area contributed by atoms with E-state index in [1.54, 1.807) is 0 Å². The van der Waals surface area contributed by atoms with Crippen LogP contribution in [0.2, 0.25) is 0 Å². The number of anilines is 1. The molecule has 2 aromatic carbocycles. The van der Waals surface area contributed by atoms with E-state index < -0.39 is 0 Å². The molecule has 1 heterocycles. The van der Waals surface area contributed by atoms with Gasteiger partial charge in [-0.25, -0.2) is 0 Å². The van der Waals surface area contributed by atoms with Gasteiger partial charge in [-0.3, -0.25) is 4.79 Å². The number of para-hydroxylation sites is 1. The minimum atomic E-state index is 0.0707. The van der Waals surface area contributed by atoms with E-state index >= 15 is 0 Å². The number of benzene rings is 2. The number of carbonyl (C=O) groups excluding carboxylic acids is 1. The van der Waals surface area contributed by atoms with Crippen molar-refractivity contribution in [2.24, 2.45) is 5.92 Å². The number of nitrogens with one attached hydrogen (secondary N) is 1. The highest BCUT2D eigenvalue weighted by Gasteiger charge is 2.42. The lowest BCUT2D eigenvalue weighted by Crippen LogP contribution is -2.38. The molecule has 0 unspecified atom stereocenters. The Labute approximate surface area is 125 Å². The average molecular weight is 277 g/mol. The third-order valence-electron chi connectivity index (χ3n) is 4.93. The highest BCUT2D eigenvalue weighted by atomic mass is 16.1. The number of hydrogen-bond donors (Lipinski definition) is 1. The largest absolute Gasteiger partial charge is 0.378 e. The van der Waals surface area contributed by atoms with Crippen LogP contribution < -0.4 is 5.32 Å². The summed E-state index contributed by atoms with van der Waals surface area (Å²) >= 11 is 0. The van der Waals surface area contributed by atoms with Crippen molar-refractivity contribution in [3.05, 3.63) is 65.7 Å². The molecule has 1 aliphatic carbocycles. The molecule has 3 atom stereocenters. The molecule has 0 bridgehead atoms. The summed E-state index contributed by atoms with van der Waals surface area (Å²) in [5.74, 6) is 0.867. The van der Waals surface area contributed by atoms with Gasteiger partial charge in [0.25, 0.3) is 0 Å². The van der Waals surface area contributed by atoms with Crippen LogP contribution in [0.4, 0.5) is 5.69 Å². The summed E-state index contributed by atoms with van der Waals surface area (Å²) in [6, 6.07) is 19.1. The molecule has 4 rings (SSSR count). The summed E-state index contributed by atoms with van der Waals surface area (Å²) in [4.78, 5) is 12.5. The highest BCUT2D eigenvalue weighted by molar-refractivity contribution is 5.89. The summed E-state index contributed by atoms with van der Waals surface area (Å²) in [5.41, 5.74) is 3.61. The van der Waals surface area contributed by atoms with Gasteiger partial charge < -0.3 is 5.32 Å². The minimum Gasteiger partial charge on any atom is -0.378 e. The Morgan fingerprint density at radius 3 is 2.57 bits per heavy atom. The van der Waals surface area contributed by atoms with Crippen molar-refractivity contribution in [3.8, 4) is 0 Å². The third-order valence-corrected chi connectivity index (χ3v) is 4.93. The van der Waals surface area contributed by atoms with Crippen LogP contribution >= 0.6 is 0 Å². The van der Waals surface area contributed by atoms with E-state index in [1.807, 2.05) is 18.2 Å². The van der Waals surface area contributed by atoms with Gasteiger partial charge >= 0.3 is 0 Å². The van der Waals surface area contributed by atoms with E-state index in [0.717, 1.165) is 24.9 Å². The van der Waals surface area contributed by atoms with E-state index in [9.17, 15) is 4.79 Å². The average Bonchev–Trinajstić information content (AvgIpc) is 2.55. The second kappa shape index (κ2) is 5.03. The van der Waals surface area contributed by atoms with Crippen LogP contribution in [0.1, 0.15) is 42.3 Å². The zero-order valence-electron chi connectivity index (χ0n) is 12.0. The van der Waals surface area contributed by atoms with Crippen molar-refractivity contribution in [1.29, 1.82) is 0 Å². The molecule has 0 radical (unpaired) electrons. The first-order valence-electron chi connectivity index (χ1n) is 7.78. The van der Waals surface area contributed by atoms with Crippen molar-refractivity contribution < 1.29 is 4.79 Å². The standard InChI is InChI=1S/C19H19NO/c21-17-12-6-10-15-18(17)14-9-4-5-11-16(14)20-19(15)13-7-2-1-3-8-13/h1-5,7-9,11,15,18-20H,6,10,12H2/t15-,18-,19-/m0/s1. The Morgan fingerprint density at radius 1 is 0.952 bits per heavy atom. The molecule has 0 amide bonds. The number of rotatable bonds is 1. The molecule has 0 aromatic heterocycles. The summed E-state index contributed by atoms with van der Waals surface area (Å²) in [6.45, 7) is 0. The molecule has 1 saturated carbocycles. The number of hydrogen-bond acceptors (Lipinski definition) is 2. The van der Waals surface area contributed by atoms with Crippen molar-refractivity contribution >= 4 is 11.5 Å². The lowest BCUT2D eigenvalue weighted by Gasteiger charge is -2.42. The fourth-order valence-electron chi connectivity index (χ4n) is 4.00. The summed E-state index contributed by atoms with van der Waals surface area (Å²) in [6.07, 6.45) is 2.88. The smallest absolute Gasteiger partial charge is 0.140 e. The second-order valence-electron chi connectivity index (χ2n) is 6.12. The molecule has 0 spiro atoms. The minimum absolute atomic E-state index is 0.0707. The zero-order chi connectivity index (χ0) is 14.2. The third kappa shape index (κ3) is 2.06. The van der Waals surface area contributed by atoms with Gasteiger partial charge in [-0.2, -0.15) is 0 Å². The van der Waals surface area contributed by atoms with Gasteiger partial charge in [-0.15, -0.1) is 0 Å². The van der Waals surface area contributed by atoms with E-state index in [4.69, 9.17) is 0 Å². The van der Waals surface area contributed by atoms with Crippen LogP contribution in [0, 0.1) is 5.92 Å². The van der Waals surface area contributed by atoms with Gasteiger partial charge in [0.2, 0.25) is 0 Å². The van der Waals surface area contributed by atoms with Gasteiger partial charge in [0.05, 0.1) is 6.04 Å². The summed E-state index contributed by atoms with van der Waals surface area (Å²) < 4.78 is 0. The molecule has 21 heavy (non-hydrogen) atoms. The number of carbonyl (C=O) groups is 1. The second-order valence-corrected chi connectivity index (χ2v) is 6.12. The zero-order valence-corrected chi connectivity index (χ0v) is 12.0. The fraction of sp³-hybridized carbons (Fsp3) is 0.316. The molecular weight excluding hydrogens is 258 g/mol. The van der Waals surface area contributed by atoms with Crippen molar-refractivity contribution in [3.63, 3.8) is 0 Å². The van der Waals surface area contributed by atoms with Gasteiger partial charge in [0, 0.05) is 18.0 Å². The molecule has 106 valence electrons. The Bertz CT molecular complexity index is 664. The van der Waals surface area contributed by atoms with Crippen LogP contribution in [0.3, 0.4) is 0 Å². The van der Waals surface area contributed by atoms with Crippen molar-refractivity contribution in [1.82, 2.24) is 0 Å². The monoisotopic (exact) mass is 277 g/mol. The molecule has 1 fully saturated rings. The molecular formula is C19H19NO. The maximum Gasteiger partial charge on any atom is 0.140 e. The van der Waals surface area contributed by atoms with E-state index in [2.05, 4.69) is 41.7 Å². The molecule has 2 aliphatic rings. The number of fused-ring (bicyclic) bond motifs is 3. The predicted molar refractivity (Wildman–Crippen MR) is 84.3 cm³/mol. The van der Waals surface area contributed by atoms with Crippen molar-refractivity contribution in [2.45, 2.75) is 31.2 Å². The Hall–Kier alpha value is -2.09. The lowest BCUT2D eigenvalue weighted by molar-refractivity contribution is -0.123. The van der Waals surface area contributed by atoms with Gasteiger partial charge in [-0.05, 0) is 36.0 Å². The van der Waals surface area contributed by atoms with Crippen LogP contribution in [0.25, 0.3) is 0 Å². The predicted octanol–water partition coefficient (Wildman–Crippen LogP) is 4.31. The van der Waals surface area contributed by atoms with Gasteiger partial charge in [0.15, 0.2) is 0 Å². The van der Waals surface area contributed by atoms with E-state index in [1.165, 1.54) is 11.1 Å². The Morgan fingerprint density at radius 2 is 1.71 bits per heavy atom. The Kier molecular flexibility index (Phi) is 3.03. The first-order valence-corrected chi connectivity index (χ1v) is 7.78. The summed E-state index contributed by atoms with van der Waals surface area (Å²) in [5, 5.41) is 3.68. The normalized spacial score (nSPS) is 27.4. The molecule has 2 nitrogen and oxygen atoms in total. The molecule has 0 saturated heterocycles. The SMILES string of the molecule is O=C1CCC[C@@H]2[C@H](c3ccccc3)Nc3ccccc3[C@H]12. The topological polar surface area (TPSA) is 29.1 Å². The van der Waals surface area contributed by atoms with E-state index in [0.29, 0.717) is 11.7 Å². The van der Waals surface area contributed by atoms with Gasteiger partial charge in [0.1, 0.15) is 5.78 Å². The molecule has 1 N–H and O–H groups in total. The number of Topliss-reactive ketones (excluding diaryl/α,β-unsaturated/α-hetero) is 1.